The van der Waals surface area contributed by atoms with Gasteiger partial charge in [0.1, 0.15) is 5.75 Å². The molecule has 0 bridgehead atoms. The number of nitrogens with zero attached hydrogens (tertiary/aromatic N) is 1. The minimum Gasteiger partial charge on any atom is -0.508 e. The van der Waals surface area contributed by atoms with E-state index in [1.165, 1.54) is 31.2 Å². The van der Waals surface area contributed by atoms with Crippen molar-refractivity contribution < 1.29 is 9.84 Å². The SMILES string of the molecule is NC(Cc1ccc(O)cc1)C1(N2CCOCC2)CCCC1. The third-order valence-corrected chi connectivity index (χ3v) is 5.19. The fourth-order valence-electron chi connectivity index (χ4n) is 3.99. The first-order valence-electron chi connectivity index (χ1n) is 8.07. The molecule has 0 aromatic heterocycles. The Morgan fingerprint density at radius 2 is 1.76 bits per heavy atom. The van der Waals surface area contributed by atoms with Gasteiger partial charge in [0.15, 0.2) is 0 Å². The minimum atomic E-state index is 0.141. The maximum Gasteiger partial charge on any atom is 0.115 e. The van der Waals surface area contributed by atoms with Crippen LogP contribution in [0.5, 0.6) is 5.75 Å². The van der Waals surface area contributed by atoms with Crippen LogP contribution in [-0.4, -0.2) is 47.9 Å². The number of rotatable bonds is 4. The first-order valence-corrected chi connectivity index (χ1v) is 8.07. The summed E-state index contributed by atoms with van der Waals surface area (Å²) in [5.74, 6) is 0.316. The molecule has 2 aliphatic rings. The molecule has 0 radical (unpaired) electrons. The van der Waals surface area contributed by atoms with Gasteiger partial charge in [0, 0.05) is 24.7 Å². The average Bonchev–Trinajstić information content (AvgIpc) is 3.01. The van der Waals surface area contributed by atoms with Crippen molar-refractivity contribution in [1.29, 1.82) is 0 Å². The van der Waals surface area contributed by atoms with Gasteiger partial charge < -0.3 is 15.6 Å². The van der Waals surface area contributed by atoms with Crippen LogP contribution in [-0.2, 0) is 11.2 Å². The van der Waals surface area contributed by atoms with Crippen molar-refractivity contribution in [2.75, 3.05) is 26.3 Å². The highest BCUT2D eigenvalue weighted by atomic mass is 16.5. The summed E-state index contributed by atoms with van der Waals surface area (Å²) in [5.41, 5.74) is 8.02. The predicted molar refractivity (Wildman–Crippen MR) is 83.4 cm³/mol. The summed E-state index contributed by atoms with van der Waals surface area (Å²) >= 11 is 0. The van der Waals surface area contributed by atoms with Gasteiger partial charge in [0.2, 0.25) is 0 Å². The van der Waals surface area contributed by atoms with E-state index >= 15 is 0 Å². The molecule has 0 amide bonds. The highest BCUT2D eigenvalue weighted by Gasteiger charge is 2.44. The highest BCUT2D eigenvalue weighted by Crippen LogP contribution is 2.39. The van der Waals surface area contributed by atoms with Crippen molar-refractivity contribution >= 4 is 0 Å². The summed E-state index contributed by atoms with van der Waals surface area (Å²) in [5, 5.41) is 9.40. The Hall–Kier alpha value is -1.10. The molecule has 1 aromatic carbocycles. The molecule has 116 valence electrons. The molecule has 1 heterocycles. The van der Waals surface area contributed by atoms with Crippen molar-refractivity contribution in [3.8, 4) is 5.75 Å². The molecule has 1 aromatic rings. The highest BCUT2D eigenvalue weighted by molar-refractivity contribution is 5.27. The summed E-state index contributed by atoms with van der Waals surface area (Å²) < 4.78 is 5.51. The van der Waals surface area contributed by atoms with E-state index in [0.717, 1.165) is 32.7 Å². The molecule has 1 aliphatic carbocycles. The molecular formula is C17H26N2O2. The number of nitrogens with two attached hydrogens (primary N) is 1. The molecule has 21 heavy (non-hydrogen) atoms. The van der Waals surface area contributed by atoms with E-state index in [4.69, 9.17) is 10.5 Å². The van der Waals surface area contributed by atoms with Crippen LogP contribution in [0.3, 0.4) is 0 Å². The zero-order chi connectivity index (χ0) is 14.7. The van der Waals surface area contributed by atoms with E-state index in [2.05, 4.69) is 4.90 Å². The number of phenols is 1. The maximum absolute atomic E-state index is 9.40. The van der Waals surface area contributed by atoms with Crippen LogP contribution < -0.4 is 5.73 Å². The largest absolute Gasteiger partial charge is 0.508 e. The van der Waals surface area contributed by atoms with Gasteiger partial charge in [-0.15, -0.1) is 0 Å². The second-order valence-corrected chi connectivity index (χ2v) is 6.39. The lowest BCUT2D eigenvalue weighted by atomic mass is 9.82. The normalized spacial score (nSPS) is 24.0. The fourth-order valence-corrected chi connectivity index (χ4v) is 3.99. The first kappa shape index (κ1) is 14.8. The molecule has 4 heteroatoms. The van der Waals surface area contributed by atoms with Crippen molar-refractivity contribution in [1.82, 2.24) is 4.90 Å². The molecule has 1 unspecified atom stereocenters. The molecule has 1 atom stereocenters. The van der Waals surface area contributed by atoms with Crippen molar-refractivity contribution in [3.63, 3.8) is 0 Å². The van der Waals surface area contributed by atoms with Crippen molar-refractivity contribution in [2.45, 2.75) is 43.7 Å². The molecule has 4 nitrogen and oxygen atoms in total. The van der Waals surface area contributed by atoms with E-state index in [-0.39, 0.29) is 11.6 Å². The average molecular weight is 290 g/mol. The second kappa shape index (κ2) is 6.34. The Morgan fingerprint density at radius 1 is 1.14 bits per heavy atom. The molecule has 1 saturated heterocycles. The standard InChI is InChI=1S/C17H26N2O2/c18-16(13-14-3-5-15(20)6-4-14)17(7-1-2-8-17)19-9-11-21-12-10-19/h3-6,16,20H,1-2,7-13,18H2. The summed E-state index contributed by atoms with van der Waals surface area (Å²) in [7, 11) is 0. The van der Waals surface area contributed by atoms with E-state index < -0.39 is 0 Å². The van der Waals surface area contributed by atoms with Gasteiger partial charge in [0.25, 0.3) is 0 Å². The second-order valence-electron chi connectivity index (χ2n) is 6.39. The van der Waals surface area contributed by atoms with E-state index in [0.29, 0.717) is 5.75 Å². The van der Waals surface area contributed by atoms with Gasteiger partial charge in [-0.2, -0.15) is 0 Å². The first-order chi connectivity index (χ1) is 10.2. The zero-order valence-corrected chi connectivity index (χ0v) is 12.6. The lowest BCUT2D eigenvalue weighted by Crippen LogP contribution is -2.61. The number of benzene rings is 1. The predicted octanol–water partition coefficient (Wildman–Crippen LogP) is 1.91. The smallest absolute Gasteiger partial charge is 0.115 e. The van der Waals surface area contributed by atoms with Crippen LogP contribution in [0.2, 0.25) is 0 Å². The molecule has 1 saturated carbocycles. The number of morpholine rings is 1. The van der Waals surface area contributed by atoms with Crippen molar-refractivity contribution in [2.24, 2.45) is 5.73 Å². The molecule has 1 aliphatic heterocycles. The Bertz CT molecular complexity index is 448. The Morgan fingerprint density at radius 3 is 2.38 bits per heavy atom. The van der Waals surface area contributed by atoms with Gasteiger partial charge >= 0.3 is 0 Å². The van der Waals surface area contributed by atoms with Crippen LogP contribution in [0.4, 0.5) is 0 Å². The van der Waals surface area contributed by atoms with Crippen molar-refractivity contribution in [3.05, 3.63) is 29.8 Å². The van der Waals surface area contributed by atoms with Gasteiger partial charge in [-0.25, -0.2) is 0 Å². The quantitative estimate of drug-likeness (QED) is 0.889. The van der Waals surface area contributed by atoms with Gasteiger partial charge in [0.05, 0.1) is 13.2 Å². The third-order valence-electron chi connectivity index (χ3n) is 5.19. The van der Waals surface area contributed by atoms with Crippen LogP contribution in [0, 0.1) is 0 Å². The van der Waals surface area contributed by atoms with Gasteiger partial charge in [-0.1, -0.05) is 25.0 Å². The fraction of sp³-hybridized carbons (Fsp3) is 0.647. The number of hydrogen-bond acceptors (Lipinski definition) is 4. The summed E-state index contributed by atoms with van der Waals surface area (Å²) in [6, 6.07) is 7.60. The number of hydrogen-bond donors (Lipinski definition) is 2. The van der Waals surface area contributed by atoms with E-state index in [1.807, 2.05) is 12.1 Å². The van der Waals surface area contributed by atoms with Crippen LogP contribution in [0.1, 0.15) is 31.2 Å². The number of aromatic hydroxyl groups is 1. The maximum atomic E-state index is 9.40. The van der Waals surface area contributed by atoms with E-state index in [9.17, 15) is 5.11 Å². The summed E-state index contributed by atoms with van der Waals surface area (Å²) in [6.07, 6.45) is 5.83. The van der Waals surface area contributed by atoms with Crippen LogP contribution in [0.25, 0.3) is 0 Å². The van der Waals surface area contributed by atoms with Gasteiger partial charge in [-0.05, 0) is 37.0 Å². The minimum absolute atomic E-state index is 0.141. The topological polar surface area (TPSA) is 58.7 Å². The molecule has 2 fully saturated rings. The van der Waals surface area contributed by atoms with Crippen LogP contribution in [0.15, 0.2) is 24.3 Å². The molecular weight excluding hydrogens is 264 g/mol. The Balaban J connectivity index is 1.74. The lowest BCUT2D eigenvalue weighted by molar-refractivity contribution is -0.0305. The summed E-state index contributed by atoms with van der Waals surface area (Å²) in [6.45, 7) is 3.66. The zero-order valence-electron chi connectivity index (χ0n) is 12.6. The molecule has 3 rings (SSSR count). The number of phenolic OH excluding ortho intramolecular Hbond substituents is 1. The van der Waals surface area contributed by atoms with E-state index in [1.54, 1.807) is 12.1 Å². The van der Waals surface area contributed by atoms with Crippen LogP contribution >= 0.6 is 0 Å². The lowest BCUT2D eigenvalue weighted by Gasteiger charge is -2.47. The van der Waals surface area contributed by atoms with Gasteiger partial charge in [-0.3, -0.25) is 4.90 Å². The molecule has 3 N–H and O–H groups in total. The third kappa shape index (κ3) is 3.07. The Labute approximate surface area is 126 Å². The number of ether oxygens (including phenoxy) is 1. The monoisotopic (exact) mass is 290 g/mol. The Kier molecular flexibility index (Phi) is 4.48. The molecule has 0 spiro atoms. The summed E-state index contributed by atoms with van der Waals surface area (Å²) in [4.78, 5) is 2.58.